The molecule has 7 heteroatoms. The number of carbonyl (C=O) groups is 1. The van der Waals surface area contributed by atoms with Crippen molar-refractivity contribution in [2.24, 2.45) is 0 Å². The average molecular weight is 485 g/mol. The summed E-state index contributed by atoms with van der Waals surface area (Å²) in [6, 6.07) is 28.6. The third-order valence-electron chi connectivity index (χ3n) is 6.62. The van der Waals surface area contributed by atoms with Crippen molar-refractivity contribution in [2.45, 2.75) is 18.8 Å². The number of benzene rings is 3. The lowest BCUT2D eigenvalue weighted by atomic mass is 9.98. The van der Waals surface area contributed by atoms with Gasteiger partial charge in [0, 0.05) is 37.8 Å². The Labute approximate surface area is 210 Å². The van der Waals surface area contributed by atoms with Gasteiger partial charge in [-0.1, -0.05) is 78.0 Å². The maximum Gasteiger partial charge on any atom is 0.151 e. The molecule has 1 N–H and O–H groups in total. The first-order chi connectivity index (χ1) is 17.7. The molecule has 4 aromatic rings. The van der Waals surface area contributed by atoms with Crippen molar-refractivity contribution in [2.75, 3.05) is 26.2 Å². The summed E-state index contributed by atoms with van der Waals surface area (Å²) in [6.07, 6.45) is 0.585. The van der Waals surface area contributed by atoms with E-state index in [4.69, 9.17) is 4.52 Å². The van der Waals surface area contributed by atoms with Gasteiger partial charge >= 0.3 is 0 Å². The molecule has 1 fully saturated rings. The van der Waals surface area contributed by atoms with Crippen molar-refractivity contribution in [3.63, 3.8) is 0 Å². The van der Waals surface area contributed by atoms with Gasteiger partial charge in [-0.05, 0) is 23.3 Å². The van der Waals surface area contributed by atoms with E-state index in [2.05, 4.69) is 44.5 Å². The molecule has 36 heavy (non-hydrogen) atoms. The number of halogens is 1. The summed E-state index contributed by atoms with van der Waals surface area (Å²) in [5.74, 6) is 0.377. The molecular formula is C29H29FN4O2. The second kappa shape index (κ2) is 11.4. The lowest BCUT2D eigenvalue weighted by Gasteiger charge is -2.38. The predicted octanol–water partition coefficient (Wildman–Crippen LogP) is 4.50. The maximum atomic E-state index is 14.1. The van der Waals surface area contributed by atoms with Crippen LogP contribution < -0.4 is 5.32 Å². The normalized spacial score (nSPS) is 15.7. The van der Waals surface area contributed by atoms with Gasteiger partial charge in [0.25, 0.3) is 0 Å². The summed E-state index contributed by atoms with van der Waals surface area (Å²) in [4.78, 5) is 16.6. The lowest BCUT2D eigenvalue weighted by Crippen LogP contribution is -2.55. The van der Waals surface area contributed by atoms with Crippen molar-refractivity contribution in [3.8, 4) is 11.3 Å². The van der Waals surface area contributed by atoms with Crippen molar-refractivity contribution in [1.82, 2.24) is 20.3 Å². The SMILES string of the molecule is O=CC(NC(c1ccccc1)c1ccccc1)N1CCN(Cc2cc(-c3ccccc3F)no2)CC1. The highest BCUT2D eigenvalue weighted by molar-refractivity contribution is 5.59. The van der Waals surface area contributed by atoms with E-state index >= 15 is 0 Å². The molecule has 0 amide bonds. The molecule has 2 heterocycles. The van der Waals surface area contributed by atoms with Crippen LogP contribution in [0.15, 0.2) is 95.5 Å². The summed E-state index contributed by atoms with van der Waals surface area (Å²) >= 11 is 0. The van der Waals surface area contributed by atoms with Gasteiger partial charge in [0.15, 0.2) is 12.0 Å². The van der Waals surface area contributed by atoms with E-state index in [1.807, 2.05) is 36.4 Å². The number of carbonyl (C=O) groups excluding carboxylic acids is 1. The zero-order chi connectivity index (χ0) is 24.7. The summed E-state index contributed by atoms with van der Waals surface area (Å²) in [6.45, 7) is 3.62. The molecule has 0 saturated carbocycles. The van der Waals surface area contributed by atoms with E-state index in [9.17, 15) is 9.18 Å². The number of nitrogens with one attached hydrogen (secondary N) is 1. The Morgan fingerprint density at radius 3 is 2.11 bits per heavy atom. The second-order valence-corrected chi connectivity index (χ2v) is 8.97. The highest BCUT2D eigenvalue weighted by Gasteiger charge is 2.27. The predicted molar refractivity (Wildman–Crippen MR) is 136 cm³/mol. The van der Waals surface area contributed by atoms with Crippen LogP contribution in [0.1, 0.15) is 22.9 Å². The smallest absolute Gasteiger partial charge is 0.151 e. The molecule has 184 valence electrons. The van der Waals surface area contributed by atoms with Gasteiger partial charge in [0.1, 0.15) is 17.7 Å². The van der Waals surface area contributed by atoms with E-state index in [1.54, 1.807) is 24.3 Å². The summed E-state index contributed by atoms with van der Waals surface area (Å²) in [5, 5.41) is 7.62. The third kappa shape index (κ3) is 5.60. The van der Waals surface area contributed by atoms with Crippen LogP contribution in [0.5, 0.6) is 0 Å². The Balaban J connectivity index is 1.21. The Morgan fingerprint density at radius 2 is 1.50 bits per heavy atom. The molecule has 1 atom stereocenters. The zero-order valence-electron chi connectivity index (χ0n) is 20.0. The van der Waals surface area contributed by atoms with Crippen molar-refractivity contribution >= 4 is 6.29 Å². The first-order valence-electron chi connectivity index (χ1n) is 12.2. The maximum absolute atomic E-state index is 14.1. The number of aldehydes is 1. The van der Waals surface area contributed by atoms with Gasteiger partial charge in [0.05, 0.1) is 12.6 Å². The number of hydrogen-bond donors (Lipinski definition) is 1. The molecule has 5 rings (SSSR count). The van der Waals surface area contributed by atoms with Gasteiger partial charge < -0.3 is 9.32 Å². The minimum absolute atomic E-state index is 0.0911. The van der Waals surface area contributed by atoms with E-state index in [-0.39, 0.29) is 11.9 Å². The number of rotatable bonds is 9. The van der Waals surface area contributed by atoms with Crippen molar-refractivity contribution in [1.29, 1.82) is 0 Å². The summed E-state index contributed by atoms with van der Waals surface area (Å²) in [5.41, 5.74) is 3.17. The van der Waals surface area contributed by atoms with Gasteiger partial charge in [-0.15, -0.1) is 0 Å². The minimum atomic E-state index is -0.407. The van der Waals surface area contributed by atoms with E-state index in [0.717, 1.165) is 43.6 Å². The van der Waals surface area contributed by atoms with E-state index in [0.29, 0.717) is 23.6 Å². The molecule has 1 aromatic heterocycles. The number of piperazine rings is 1. The number of nitrogens with zero attached hydrogens (tertiary/aromatic N) is 3. The minimum Gasteiger partial charge on any atom is -0.359 e. The van der Waals surface area contributed by atoms with Crippen LogP contribution in [-0.2, 0) is 11.3 Å². The topological polar surface area (TPSA) is 61.6 Å². The fourth-order valence-electron chi connectivity index (χ4n) is 4.68. The standard InChI is InChI=1S/C29H29FN4O2/c30-26-14-8-7-13-25(26)27-19-24(36-32-27)20-33-15-17-34(18-16-33)28(21-35)31-29(22-9-3-1-4-10-22)23-11-5-2-6-12-23/h1-14,19,21,28-29,31H,15-18,20H2. The van der Waals surface area contributed by atoms with Crippen LogP contribution in [0.2, 0.25) is 0 Å². The third-order valence-corrected chi connectivity index (χ3v) is 6.62. The molecule has 1 aliphatic heterocycles. The molecule has 1 unspecified atom stereocenters. The van der Waals surface area contributed by atoms with Crippen LogP contribution >= 0.6 is 0 Å². The van der Waals surface area contributed by atoms with Gasteiger partial charge in [-0.3, -0.25) is 15.1 Å². The van der Waals surface area contributed by atoms with Gasteiger partial charge in [0.2, 0.25) is 0 Å². The van der Waals surface area contributed by atoms with Crippen LogP contribution in [-0.4, -0.2) is 53.6 Å². The lowest BCUT2D eigenvalue weighted by molar-refractivity contribution is -0.114. The van der Waals surface area contributed by atoms with Crippen LogP contribution in [0.3, 0.4) is 0 Å². The molecule has 0 radical (unpaired) electrons. The monoisotopic (exact) mass is 484 g/mol. The second-order valence-electron chi connectivity index (χ2n) is 8.97. The van der Waals surface area contributed by atoms with Crippen LogP contribution in [0.4, 0.5) is 4.39 Å². The quantitative estimate of drug-likeness (QED) is 0.353. The average Bonchev–Trinajstić information content (AvgIpc) is 3.39. The van der Waals surface area contributed by atoms with Gasteiger partial charge in [-0.25, -0.2) is 4.39 Å². The molecule has 0 spiro atoms. The Hall–Kier alpha value is -3.65. The van der Waals surface area contributed by atoms with Crippen molar-refractivity contribution < 1.29 is 13.7 Å². The fourth-order valence-corrected chi connectivity index (χ4v) is 4.68. The van der Waals surface area contributed by atoms with E-state index in [1.165, 1.54) is 6.07 Å². The highest BCUT2D eigenvalue weighted by Crippen LogP contribution is 2.24. The Morgan fingerprint density at radius 1 is 0.889 bits per heavy atom. The fraction of sp³-hybridized carbons (Fsp3) is 0.241. The van der Waals surface area contributed by atoms with Crippen LogP contribution in [0, 0.1) is 5.82 Å². The Kier molecular flexibility index (Phi) is 7.61. The number of aromatic nitrogens is 1. The Bertz CT molecular complexity index is 1220. The molecule has 3 aromatic carbocycles. The largest absolute Gasteiger partial charge is 0.359 e. The molecule has 1 aliphatic rings. The molecule has 0 aliphatic carbocycles. The zero-order valence-corrected chi connectivity index (χ0v) is 20.0. The highest BCUT2D eigenvalue weighted by atomic mass is 19.1. The van der Waals surface area contributed by atoms with Gasteiger partial charge in [-0.2, -0.15) is 0 Å². The first kappa shape index (κ1) is 24.1. The summed E-state index contributed by atoms with van der Waals surface area (Å²) < 4.78 is 19.6. The van der Waals surface area contributed by atoms with Crippen LogP contribution in [0.25, 0.3) is 11.3 Å². The molecule has 1 saturated heterocycles. The molecular weight excluding hydrogens is 455 g/mol. The number of hydrogen-bond acceptors (Lipinski definition) is 6. The summed E-state index contributed by atoms with van der Waals surface area (Å²) in [7, 11) is 0. The molecule has 6 nitrogen and oxygen atoms in total. The first-order valence-corrected chi connectivity index (χ1v) is 12.2. The van der Waals surface area contributed by atoms with E-state index < -0.39 is 6.17 Å². The molecule has 0 bridgehead atoms. The van der Waals surface area contributed by atoms with Crippen molar-refractivity contribution in [3.05, 3.63) is 114 Å².